The van der Waals surface area contributed by atoms with Crippen molar-refractivity contribution in [2.45, 2.75) is 51.9 Å². The molecule has 1 saturated heterocycles. The molecule has 1 aliphatic rings. The van der Waals surface area contributed by atoms with Crippen molar-refractivity contribution in [3.8, 4) is 0 Å². The summed E-state index contributed by atoms with van der Waals surface area (Å²) in [5.41, 5.74) is 0.517. The normalized spacial score (nSPS) is 19.3. The first-order valence-electron chi connectivity index (χ1n) is 7.98. The molecule has 0 bridgehead atoms. The number of ether oxygens (including phenoxy) is 2. The number of likely N-dealkylation sites (tertiary alicyclic amines) is 1. The Labute approximate surface area is 137 Å². The second-order valence-corrected chi connectivity index (χ2v) is 6.85. The number of Topliss-reactive ketones (excluding diaryl/α,β-unsaturated/α-hetero) is 1. The highest BCUT2D eigenvalue weighted by atomic mass is 16.6. The van der Waals surface area contributed by atoms with Crippen LogP contribution >= 0.6 is 0 Å². The smallest absolute Gasteiger partial charge is 0.410 e. The molecule has 0 N–H and O–H groups in total. The van der Waals surface area contributed by atoms with Crippen LogP contribution in [0.5, 0.6) is 0 Å². The number of amides is 1. The van der Waals surface area contributed by atoms with Crippen molar-refractivity contribution >= 4 is 11.9 Å². The summed E-state index contributed by atoms with van der Waals surface area (Å²) < 4.78 is 11.2. The maximum Gasteiger partial charge on any atom is 0.410 e. The minimum absolute atomic E-state index is 0.00595. The van der Waals surface area contributed by atoms with Crippen molar-refractivity contribution in [3.63, 3.8) is 0 Å². The molecule has 1 aromatic rings. The molecule has 1 fully saturated rings. The molecule has 5 nitrogen and oxygen atoms in total. The third-order valence-electron chi connectivity index (χ3n) is 3.52. The quantitative estimate of drug-likeness (QED) is 0.858. The van der Waals surface area contributed by atoms with Gasteiger partial charge in [-0.3, -0.25) is 4.79 Å². The molecule has 1 aromatic carbocycles. The van der Waals surface area contributed by atoms with Crippen molar-refractivity contribution in [3.05, 3.63) is 35.9 Å². The third kappa shape index (κ3) is 6.02. The molecule has 2 rings (SSSR count). The van der Waals surface area contributed by atoms with Crippen LogP contribution in [0.2, 0.25) is 0 Å². The van der Waals surface area contributed by atoms with Crippen LogP contribution < -0.4 is 0 Å². The molecule has 0 aliphatic carbocycles. The first kappa shape index (κ1) is 17.5. The Morgan fingerprint density at radius 2 is 1.96 bits per heavy atom. The second kappa shape index (κ2) is 7.59. The van der Waals surface area contributed by atoms with Crippen LogP contribution in [0, 0.1) is 0 Å². The van der Waals surface area contributed by atoms with E-state index < -0.39 is 11.7 Å². The first-order valence-corrected chi connectivity index (χ1v) is 7.98. The van der Waals surface area contributed by atoms with E-state index in [0.29, 0.717) is 26.0 Å². The lowest BCUT2D eigenvalue weighted by molar-refractivity contribution is -0.121. The van der Waals surface area contributed by atoms with Crippen LogP contribution in [0.3, 0.4) is 0 Å². The Balaban J connectivity index is 1.88. The van der Waals surface area contributed by atoms with Gasteiger partial charge in [0.25, 0.3) is 0 Å². The Bertz CT molecular complexity index is 536. The van der Waals surface area contributed by atoms with Crippen molar-refractivity contribution in [1.29, 1.82) is 0 Å². The van der Waals surface area contributed by atoms with E-state index in [-0.39, 0.29) is 18.4 Å². The molecular weight excluding hydrogens is 294 g/mol. The molecule has 0 radical (unpaired) electrons. The molecule has 1 atom stereocenters. The van der Waals surface area contributed by atoms with Gasteiger partial charge in [-0.2, -0.15) is 0 Å². The Hall–Kier alpha value is -1.88. The molecule has 1 unspecified atom stereocenters. The zero-order chi connectivity index (χ0) is 16.9. The Kier molecular flexibility index (Phi) is 5.77. The number of rotatable bonds is 3. The van der Waals surface area contributed by atoms with E-state index in [1.807, 2.05) is 51.1 Å². The molecular formula is C18H25NO4. The molecule has 0 saturated carbocycles. The van der Waals surface area contributed by atoms with Gasteiger partial charge >= 0.3 is 6.09 Å². The standard InChI is InChI=1S/C18H25NO4/c1-18(2,3)23-17(21)19-10-9-16(11-15(20)12-19)22-13-14-7-5-4-6-8-14/h4-8,16H,9-13H2,1-3H3. The molecule has 1 amide bonds. The Morgan fingerprint density at radius 1 is 1.26 bits per heavy atom. The minimum atomic E-state index is -0.560. The van der Waals surface area contributed by atoms with Crippen molar-refractivity contribution < 1.29 is 19.1 Å². The van der Waals surface area contributed by atoms with Gasteiger partial charge in [-0.15, -0.1) is 0 Å². The summed E-state index contributed by atoms with van der Waals surface area (Å²) in [6.45, 7) is 6.49. The topological polar surface area (TPSA) is 55.8 Å². The summed E-state index contributed by atoms with van der Waals surface area (Å²) in [5, 5.41) is 0. The van der Waals surface area contributed by atoms with Gasteiger partial charge in [0, 0.05) is 13.0 Å². The summed E-state index contributed by atoms with van der Waals surface area (Å²) in [5.74, 6) is 0.00595. The molecule has 1 heterocycles. The van der Waals surface area contributed by atoms with Gasteiger partial charge < -0.3 is 14.4 Å². The number of benzene rings is 1. The summed E-state index contributed by atoms with van der Waals surface area (Å²) in [4.78, 5) is 25.6. The Morgan fingerprint density at radius 3 is 2.61 bits per heavy atom. The van der Waals surface area contributed by atoms with Crippen molar-refractivity contribution in [2.75, 3.05) is 13.1 Å². The number of nitrogens with zero attached hydrogens (tertiary/aromatic N) is 1. The summed E-state index contributed by atoms with van der Waals surface area (Å²) in [6.07, 6.45) is 0.383. The number of ketones is 1. The van der Waals surface area contributed by atoms with Gasteiger partial charge in [0.05, 0.1) is 19.3 Å². The van der Waals surface area contributed by atoms with E-state index in [0.717, 1.165) is 5.56 Å². The lowest BCUT2D eigenvalue weighted by Crippen LogP contribution is -2.39. The molecule has 126 valence electrons. The molecule has 23 heavy (non-hydrogen) atoms. The maximum atomic E-state index is 12.1. The van der Waals surface area contributed by atoms with Gasteiger partial charge in [0.15, 0.2) is 5.78 Å². The van der Waals surface area contributed by atoms with Crippen LogP contribution in [0.15, 0.2) is 30.3 Å². The summed E-state index contributed by atoms with van der Waals surface area (Å²) >= 11 is 0. The number of hydrogen-bond donors (Lipinski definition) is 0. The van der Waals surface area contributed by atoms with E-state index in [9.17, 15) is 9.59 Å². The fourth-order valence-corrected chi connectivity index (χ4v) is 2.43. The van der Waals surface area contributed by atoms with Gasteiger partial charge in [-0.1, -0.05) is 30.3 Å². The van der Waals surface area contributed by atoms with E-state index in [4.69, 9.17) is 9.47 Å². The number of carbonyl (C=O) groups is 2. The largest absolute Gasteiger partial charge is 0.444 e. The van der Waals surface area contributed by atoms with Crippen LogP contribution in [-0.2, 0) is 20.9 Å². The van der Waals surface area contributed by atoms with Crippen LogP contribution in [0.1, 0.15) is 39.2 Å². The lowest BCUT2D eigenvalue weighted by Gasteiger charge is -2.26. The monoisotopic (exact) mass is 319 g/mol. The highest BCUT2D eigenvalue weighted by Crippen LogP contribution is 2.17. The summed E-state index contributed by atoms with van der Waals surface area (Å²) in [7, 11) is 0. The zero-order valence-corrected chi connectivity index (χ0v) is 14.1. The maximum absolute atomic E-state index is 12.1. The molecule has 0 aromatic heterocycles. The lowest BCUT2D eigenvalue weighted by atomic mass is 10.1. The zero-order valence-electron chi connectivity index (χ0n) is 14.1. The van der Waals surface area contributed by atoms with Crippen LogP contribution in [0.4, 0.5) is 4.79 Å². The second-order valence-electron chi connectivity index (χ2n) is 6.85. The van der Waals surface area contributed by atoms with E-state index in [1.54, 1.807) is 0 Å². The highest BCUT2D eigenvalue weighted by molar-refractivity contribution is 5.84. The average molecular weight is 319 g/mol. The number of hydrogen-bond acceptors (Lipinski definition) is 4. The minimum Gasteiger partial charge on any atom is -0.444 e. The predicted molar refractivity (Wildman–Crippen MR) is 87.1 cm³/mol. The summed E-state index contributed by atoms with van der Waals surface area (Å²) in [6, 6.07) is 9.86. The van der Waals surface area contributed by atoms with E-state index in [2.05, 4.69) is 0 Å². The number of carbonyl (C=O) groups excluding carboxylic acids is 2. The van der Waals surface area contributed by atoms with E-state index >= 15 is 0 Å². The SMILES string of the molecule is CC(C)(C)OC(=O)N1CCC(OCc2ccccc2)CC(=O)C1. The first-order chi connectivity index (χ1) is 10.8. The molecule has 5 heteroatoms. The fraction of sp³-hybridized carbons (Fsp3) is 0.556. The molecule has 1 aliphatic heterocycles. The predicted octanol–water partition coefficient (Wildman–Crippen LogP) is 3.17. The van der Waals surface area contributed by atoms with Crippen LogP contribution in [0.25, 0.3) is 0 Å². The van der Waals surface area contributed by atoms with Crippen LogP contribution in [-0.4, -0.2) is 41.6 Å². The van der Waals surface area contributed by atoms with Gasteiger partial charge in [-0.25, -0.2) is 4.79 Å². The van der Waals surface area contributed by atoms with Gasteiger partial charge in [0.2, 0.25) is 0 Å². The van der Waals surface area contributed by atoms with Gasteiger partial charge in [-0.05, 0) is 32.8 Å². The van der Waals surface area contributed by atoms with Crippen molar-refractivity contribution in [1.82, 2.24) is 4.90 Å². The van der Waals surface area contributed by atoms with Gasteiger partial charge in [0.1, 0.15) is 5.60 Å². The van der Waals surface area contributed by atoms with Crippen molar-refractivity contribution in [2.24, 2.45) is 0 Å². The highest BCUT2D eigenvalue weighted by Gasteiger charge is 2.28. The fourth-order valence-electron chi connectivity index (χ4n) is 2.43. The molecule has 0 spiro atoms. The van der Waals surface area contributed by atoms with E-state index in [1.165, 1.54) is 4.90 Å². The third-order valence-corrected chi connectivity index (χ3v) is 3.52. The average Bonchev–Trinajstić information content (AvgIpc) is 2.66.